The van der Waals surface area contributed by atoms with Crippen LogP contribution in [0.3, 0.4) is 0 Å². The van der Waals surface area contributed by atoms with Crippen LogP contribution in [0.5, 0.6) is 11.5 Å². The van der Waals surface area contributed by atoms with Gasteiger partial charge in [-0.25, -0.2) is 12.8 Å². The van der Waals surface area contributed by atoms with Crippen molar-refractivity contribution in [2.75, 3.05) is 33.0 Å². The van der Waals surface area contributed by atoms with Crippen molar-refractivity contribution in [2.45, 2.75) is 113 Å². The third-order valence-corrected chi connectivity index (χ3v) is 15.3. The molecule has 1 aromatic heterocycles. The number of fused-ring (bicyclic) bond motifs is 3. The van der Waals surface area contributed by atoms with E-state index in [0.29, 0.717) is 66.0 Å². The van der Waals surface area contributed by atoms with Crippen LogP contribution in [0.1, 0.15) is 94.6 Å². The summed E-state index contributed by atoms with van der Waals surface area (Å²) in [5.74, 6) is -1.95. The van der Waals surface area contributed by atoms with Crippen molar-refractivity contribution in [3.05, 3.63) is 120 Å². The summed E-state index contributed by atoms with van der Waals surface area (Å²) in [6, 6.07) is 20.0. The number of oxime groups is 1. The first-order chi connectivity index (χ1) is 31.7. The lowest BCUT2D eigenvalue weighted by Crippen LogP contribution is -2.70. The molecule has 0 bridgehead atoms. The fraction of sp³-hybridized carbons (Fsp3) is 0.490. The number of allylic oxidation sites excluding steroid dienone is 1. The van der Waals surface area contributed by atoms with E-state index in [0.717, 1.165) is 49.7 Å². The van der Waals surface area contributed by atoms with Crippen molar-refractivity contribution in [1.29, 1.82) is 0 Å². The first-order valence-corrected chi connectivity index (χ1v) is 24.8. The SMILES string of the molecule is C=CCO[C@@]12Oc3ccc(OCc4ccccc4F)cc3[C@H]3[C@H](CCCCO)[C@@H](CCCCO)C=C(C(=NOC4CCCCO4)C[C@@H]1N(CCC)S(=O)(=O)c1cccc4cccnc14)[C@H]32. The average Bonchev–Trinajstić information content (AvgIpc) is 3.33. The van der Waals surface area contributed by atoms with Crippen LogP contribution in [-0.2, 0) is 30.9 Å². The van der Waals surface area contributed by atoms with Gasteiger partial charge in [0.2, 0.25) is 22.1 Å². The Morgan fingerprint density at radius 1 is 1.02 bits per heavy atom. The minimum atomic E-state index is -4.32. The highest BCUT2D eigenvalue weighted by Gasteiger charge is 2.66. The second-order valence-electron chi connectivity index (χ2n) is 17.5. The molecule has 7 atom stereocenters. The van der Waals surface area contributed by atoms with E-state index >= 15 is 8.42 Å². The van der Waals surface area contributed by atoms with Crippen molar-refractivity contribution in [1.82, 2.24) is 9.29 Å². The highest BCUT2D eigenvalue weighted by atomic mass is 32.2. The molecule has 2 fully saturated rings. The van der Waals surface area contributed by atoms with Crippen molar-refractivity contribution in [2.24, 2.45) is 22.9 Å². The zero-order valence-corrected chi connectivity index (χ0v) is 38.0. The third-order valence-electron chi connectivity index (χ3n) is 13.4. The summed E-state index contributed by atoms with van der Waals surface area (Å²) in [5.41, 5.74) is 3.07. The van der Waals surface area contributed by atoms with Crippen molar-refractivity contribution < 1.29 is 46.8 Å². The molecule has 4 aliphatic rings. The number of benzene rings is 3. The molecule has 2 N–H and O–H groups in total. The number of sulfonamides is 1. The van der Waals surface area contributed by atoms with Crippen LogP contribution in [0, 0.1) is 23.6 Å². The fourth-order valence-electron chi connectivity index (χ4n) is 10.5. The molecule has 348 valence electrons. The number of unbranched alkanes of at least 4 members (excludes halogenated alkanes) is 2. The maximum absolute atomic E-state index is 15.6. The summed E-state index contributed by atoms with van der Waals surface area (Å²) in [4.78, 5) is 10.9. The normalized spacial score (nSPS) is 25.7. The summed E-state index contributed by atoms with van der Waals surface area (Å²) < 4.78 is 74.3. The van der Waals surface area contributed by atoms with Crippen LogP contribution in [0.2, 0.25) is 0 Å². The van der Waals surface area contributed by atoms with E-state index in [9.17, 15) is 14.6 Å². The molecule has 14 heteroatoms. The van der Waals surface area contributed by atoms with Gasteiger partial charge in [0.15, 0.2) is 0 Å². The molecular weight excluding hydrogens is 850 g/mol. The molecule has 0 amide bonds. The van der Waals surface area contributed by atoms with Crippen molar-refractivity contribution in [3.63, 3.8) is 0 Å². The quantitative estimate of drug-likeness (QED) is 0.0471. The second kappa shape index (κ2) is 21.3. The van der Waals surface area contributed by atoms with Gasteiger partial charge in [-0.15, -0.1) is 6.58 Å². The van der Waals surface area contributed by atoms with E-state index in [1.165, 1.54) is 10.4 Å². The van der Waals surface area contributed by atoms with E-state index in [2.05, 4.69) is 17.6 Å². The number of aliphatic hydroxyl groups excluding tert-OH is 2. The number of hydrogen-bond acceptors (Lipinski definition) is 11. The molecule has 0 radical (unpaired) electrons. The minimum Gasteiger partial charge on any atom is -0.489 e. The number of rotatable bonds is 21. The molecule has 0 spiro atoms. The van der Waals surface area contributed by atoms with E-state index in [1.54, 1.807) is 54.7 Å². The number of pyridine rings is 1. The topological polar surface area (TPSA) is 149 Å². The van der Waals surface area contributed by atoms with E-state index < -0.39 is 34.1 Å². The van der Waals surface area contributed by atoms with Crippen molar-refractivity contribution >= 4 is 26.6 Å². The summed E-state index contributed by atoms with van der Waals surface area (Å²) in [7, 11) is -4.32. The van der Waals surface area contributed by atoms with E-state index in [4.69, 9.17) is 28.9 Å². The Balaban J connectivity index is 1.35. The molecule has 2 aliphatic heterocycles. The van der Waals surface area contributed by atoms with Crippen LogP contribution < -0.4 is 9.47 Å². The molecule has 3 heterocycles. The molecular formula is C51H62FN3O9S. The highest BCUT2D eigenvalue weighted by Crippen LogP contribution is 2.62. The number of para-hydroxylation sites is 1. The van der Waals surface area contributed by atoms with Crippen LogP contribution >= 0.6 is 0 Å². The van der Waals surface area contributed by atoms with Crippen LogP contribution in [0.4, 0.5) is 4.39 Å². The Morgan fingerprint density at radius 3 is 2.60 bits per heavy atom. The summed E-state index contributed by atoms with van der Waals surface area (Å²) >= 11 is 0. The zero-order valence-electron chi connectivity index (χ0n) is 37.2. The molecule has 2 aliphatic carbocycles. The van der Waals surface area contributed by atoms with Gasteiger partial charge in [0, 0.05) is 61.2 Å². The molecule has 12 nitrogen and oxygen atoms in total. The number of aliphatic hydroxyl groups is 2. The Labute approximate surface area is 382 Å². The highest BCUT2D eigenvalue weighted by molar-refractivity contribution is 7.89. The van der Waals surface area contributed by atoms with E-state index in [1.807, 2.05) is 31.2 Å². The lowest BCUT2D eigenvalue weighted by Gasteiger charge is -2.59. The molecule has 1 saturated carbocycles. The first kappa shape index (κ1) is 46.8. The number of ether oxygens (including phenoxy) is 4. The Hall–Kier alpha value is -4.70. The maximum atomic E-state index is 15.6. The standard InChI is InChI=1S/C51H62FN3O9S/c1-3-26-55(65(58,59)45-21-13-17-35-18-14-25-53-50(35)45)46-33-43(54-64-47-22-9-12-30-60-47)40-31-36(15-7-10-27-56)39(19-8-11-28-57)48-41-32-38(61-34-37-16-5-6-20-42(37)52)23-24-44(41)63-51(46,49(40)48)62-29-4-2/h4-6,13-14,16-18,20-21,23-25,31-32,36,39,46-49,56-57H,2-3,7-12,15,19,22,26-30,33-34H2,1H3/t36-,39+,46-,47?,48+,49+,51+/m0/s1. The Kier molecular flexibility index (Phi) is 15.3. The monoisotopic (exact) mass is 911 g/mol. The molecule has 65 heavy (non-hydrogen) atoms. The van der Waals surface area contributed by atoms with Gasteiger partial charge in [0.25, 0.3) is 0 Å². The summed E-state index contributed by atoms with van der Waals surface area (Å²) in [5, 5.41) is 25.6. The minimum absolute atomic E-state index is 0.00699. The number of halogens is 1. The average molecular weight is 912 g/mol. The molecule has 8 rings (SSSR count). The fourth-order valence-corrected chi connectivity index (χ4v) is 12.4. The van der Waals surface area contributed by atoms with Gasteiger partial charge < -0.3 is 34.0 Å². The second-order valence-corrected chi connectivity index (χ2v) is 19.4. The Bertz CT molecular complexity index is 2440. The van der Waals surface area contributed by atoms with Crippen LogP contribution in [0.15, 0.2) is 113 Å². The van der Waals surface area contributed by atoms with Crippen LogP contribution in [0.25, 0.3) is 10.9 Å². The predicted molar refractivity (Wildman–Crippen MR) is 246 cm³/mol. The molecule has 1 saturated heterocycles. The molecule has 1 unspecified atom stereocenters. The number of nitrogens with zero attached hydrogens (tertiary/aromatic N) is 3. The maximum Gasteiger partial charge on any atom is 0.245 e. The van der Waals surface area contributed by atoms with Gasteiger partial charge in [-0.3, -0.25) is 4.98 Å². The first-order valence-electron chi connectivity index (χ1n) is 23.3. The van der Waals surface area contributed by atoms with Crippen LogP contribution in [-0.4, -0.2) is 84.7 Å². The smallest absolute Gasteiger partial charge is 0.245 e. The van der Waals surface area contributed by atoms with Crippen molar-refractivity contribution in [3.8, 4) is 11.5 Å². The van der Waals surface area contributed by atoms with Gasteiger partial charge in [0.1, 0.15) is 28.8 Å². The zero-order chi connectivity index (χ0) is 45.4. The van der Waals surface area contributed by atoms with Gasteiger partial charge >= 0.3 is 0 Å². The van der Waals surface area contributed by atoms with Gasteiger partial charge in [-0.1, -0.05) is 73.5 Å². The van der Waals surface area contributed by atoms with Gasteiger partial charge in [-0.05, 0) is 98.8 Å². The molecule has 4 aromatic rings. The summed E-state index contributed by atoms with van der Waals surface area (Å²) in [6.07, 6.45) is 12.3. The Morgan fingerprint density at radius 2 is 1.83 bits per heavy atom. The largest absolute Gasteiger partial charge is 0.489 e. The third kappa shape index (κ3) is 9.75. The van der Waals surface area contributed by atoms with Gasteiger partial charge in [-0.2, -0.15) is 4.31 Å². The van der Waals surface area contributed by atoms with E-state index in [-0.39, 0.29) is 67.9 Å². The van der Waals surface area contributed by atoms with Gasteiger partial charge in [0.05, 0.1) is 36.4 Å². The predicted octanol–water partition coefficient (Wildman–Crippen LogP) is 9.21. The number of aromatic nitrogens is 1. The summed E-state index contributed by atoms with van der Waals surface area (Å²) in [6.45, 7) is 6.84. The number of hydrogen-bond donors (Lipinski definition) is 2. The lowest BCUT2D eigenvalue weighted by atomic mass is 9.55. The lowest BCUT2D eigenvalue weighted by molar-refractivity contribution is -0.251. The molecule has 3 aromatic carbocycles.